The molecule has 0 saturated heterocycles. The summed E-state index contributed by atoms with van der Waals surface area (Å²) in [5, 5.41) is 9.44. The predicted molar refractivity (Wildman–Crippen MR) is 124 cm³/mol. The number of hydrogen-bond donors (Lipinski definition) is 1. The highest BCUT2D eigenvalue weighted by Crippen LogP contribution is 2.32. The summed E-state index contributed by atoms with van der Waals surface area (Å²) < 4.78 is 5.86. The molecule has 3 atom stereocenters. The molecule has 1 aliphatic rings. The summed E-state index contributed by atoms with van der Waals surface area (Å²) in [6.07, 6.45) is 21.5. The second-order valence-corrected chi connectivity index (χ2v) is 9.36. The Labute approximate surface area is 185 Å². The van der Waals surface area contributed by atoms with Crippen molar-refractivity contribution in [2.24, 2.45) is 11.8 Å². The number of carbonyl (C=O) groups excluding carboxylic acids is 1. The molecule has 0 aromatic rings. The SMILES string of the molecule is CCCCCCCCCCCCCC(CCCC)OC(=O)C1CCCCC1C(=O)O. The van der Waals surface area contributed by atoms with Crippen LogP contribution < -0.4 is 0 Å². The van der Waals surface area contributed by atoms with Crippen LogP contribution in [0.2, 0.25) is 0 Å². The Morgan fingerprint density at radius 1 is 0.733 bits per heavy atom. The summed E-state index contributed by atoms with van der Waals surface area (Å²) in [6, 6.07) is 0. The summed E-state index contributed by atoms with van der Waals surface area (Å²) in [4.78, 5) is 24.2. The van der Waals surface area contributed by atoms with E-state index in [0.29, 0.717) is 12.8 Å². The maximum Gasteiger partial charge on any atom is 0.310 e. The Hall–Kier alpha value is -1.06. The minimum Gasteiger partial charge on any atom is -0.481 e. The van der Waals surface area contributed by atoms with Crippen LogP contribution in [0.25, 0.3) is 0 Å². The average Bonchev–Trinajstić information content (AvgIpc) is 2.75. The first-order valence-corrected chi connectivity index (χ1v) is 13.0. The van der Waals surface area contributed by atoms with Gasteiger partial charge < -0.3 is 9.84 Å². The van der Waals surface area contributed by atoms with Crippen molar-refractivity contribution in [2.75, 3.05) is 0 Å². The van der Waals surface area contributed by atoms with Gasteiger partial charge in [-0.25, -0.2) is 0 Å². The van der Waals surface area contributed by atoms with Crippen molar-refractivity contribution < 1.29 is 19.4 Å². The highest BCUT2D eigenvalue weighted by molar-refractivity contribution is 5.81. The van der Waals surface area contributed by atoms with Crippen molar-refractivity contribution in [2.45, 2.75) is 142 Å². The van der Waals surface area contributed by atoms with Crippen molar-refractivity contribution in [1.82, 2.24) is 0 Å². The van der Waals surface area contributed by atoms with Crippen LogP contribution in [0, 0.1) is 11.8 Å². The Bertz CT molecular complexity index is 448. The summed E-state index contributed by atoms with van der Waals surface area (Å²) >= 11 is 0. The Morgan fingerprint density at radius 3 is 1.73 bits per heavy atom. The molecule has 30 heavy (non-hydrogen) atoms. The third-order valence-corrected chi connectivity index (χ3v) is 6.68. The van der Waals surface area contributed by atoms with Gasteiger partial charge in [-0.2, -0.15) is 0 Å². The molecule has 0 aliphatic heterocycles. The summed E-state index contributed by atoms with van der Waals surface area (Å²) in [5.41, 5.74) is 0. The van der Waals surface area contributed by atoms with E-state index in [-0.39, 0.29) is 12.1 Å². The van der Waals surface area contributed by atoms with E-state index < -0.39 is 17.8 Å². The molecule has 3 unspecified atom stereocenters. The van der Waals surface area contributed by atoms with E-state index in [9.17, 15) is 14.7 Å². The number of unbranched alkanes of at least 4 members (excludes halogenated alkanes) is 11. The summed E-state index contributed by atoms with van der Waals surface area (Å²) in [5.74, 6) is -2.10. The van der Waals surface area contributed by atoms with Crippen LogP contribution in [0.5, 0.6) is 0 Å². The molecule has 0 amide bonds. The van der Waals surface area contributed by atoms with E-state index in [1.807, 2.05) is 0 Å². The maximum absolute atomic E-state index is 12.7. The van der Waals surface area contributed by atoms with Crippen molar-refractivity contribution in [1.29, 1.82) is 0 Å². The smallest absolute Gasteiger partial charge is 0.310 e. The number of esters is 1. The molecule has 1 fully saturated rings. The highest BCUT2D eigenvalue weighted by Gasteiger charge is 2.37. The molecule has 0 aromatic carbocycles. The third-order valence-electron chi connectivity index (χ3n) is 6.68. The Balaban J connectivity index is 2.24. The maximum atomic E-state index is 12.7. The third kappa shape index (κ3) is 12.0. The van der Waals surface area contributed by atoms with Crippen molar-refractivity contribution in [3.8, 4) is 0 Å². The lowest BCUT2D eigenvalue weighted by Gasteiger charge is -2.28. The molecule has 1 rings (SSSR count). The quantitative estimate of drug-likeness (QED) is 0.181. The van der Waals surface area contributed by atoms with Crippen molar-refractivity contribution in [3.05, 3.63) is 0 Å². The summed E-state index contributed by atoms with van der Waals surface area (Å²) in [7, 11) is 0. The molecule has 176 valence electrons. The molecule has 1 aliphatic carbocycles. The number of ether oxygens (including phenoxy) is 1. The van der Waals surface area contributed by atoms with Gasteiger partial charge in [0.1, 0.15) is 6.10 Å². The topological polar surface area (TPSA) is 63.6 Å². The number of carboxylic acids is 1. The van der Waals surface area contributed by atoms with Gasteiger partial charge in [-0.1, -0.05) is 104 Å². The van der Waals surface area contributed by atoms with Crippen LogP contribution in [0.3, 0.4) is 0 Å². The van der Waals surface area contributed by atoms with Crippen LogP contribution in [0.1, 0.15) is 136 Å². The zero-order chi connectivity index (χ0) is 22.0. The van der Waals surface area contributed by atoms with Gasteiger partial charge in [0.25, 0.3) is 0 Å². The van der Waals surface area contributed by atoms with Crippen LogP contribution in [0.15, 0.2) is 0 Å². The lowest BCUT2D eigenvalue weighted by molar-refractivity contribution is -0.164. The fourth-order valence-corrected chi connectivity index (χ4v) is 4.69. The second-order valence-electron chi connectivity index (χ2n) is 9.36. The molecular formula is C26H48O4. The molecule has 0 heterocycles. The lowest BCUT2D eigenvalue weighted by Crippen LogP contribution is -2.35. The second kappa shape index (κ2) is 17.6. The van der Waals surface area contributed by atoms with Crippen LogP contribution in [-0.2, 0) is 14.3 Å². The van der Waals surface area contributed by atoms with Crippen LogP contribution in [-0.4, -0.2) is 23.1 Å². The van der Waals surface area contributed by atoms with Crippen molar-refractivity contribution >= 4 is 11.9 Å². The fraction of sp³-hybridized carbons (Fsp3) is 0.923. The fourth-order valence-electron chi connectivity index (χ4n) is 4.69. The van der Waals surface area contributed by atoms with E-state index in [1.54, 1.807) is 0 Å². The predicted octanol–water partition coefficient (Wildman–Crippen LogP) is 7.68. The van der Waals surface area contributed by atoms with E-state index in [4.69, 9.17) is 4.74 Å². The normalized spacial score (nSPS) is 20.1. The zero-order valence-electron chi connectivity index (χ0n) is 19.8. The molecule has 0 spiro atoms. The van der Waals surface area contributed by atoms with E-state index in [2.05, 4.69) is 13.8 Å². The molecule has 4 heteroatoms. The Kier molecular flexibility index (Phi) is 15.8. The van der Waals surface area contributed by atoms with Crippen LogP contribution >= 0.6 is 0 Å². The number of carboxylic acid groups (broad SMARTS) is 1. The minimum absolute atomic E-state index is 0.0348. The van der Waals surface area contributed by atoms with Gasteiger partial charge in [-0.3, -0.25) is 9.59 Å². The first kappa shape index (κ1) is 27.0. The van der Waals surface area contributed by atoms with Gasteiger partial charge in [0.2, 0.25) is 0 Å². The van der Waals surface area contributed by atoms with E-state index in [1.165, 1.54) is 64.2 Å². The van der Waals surface area contributed by atoms with Gasteiger partial charge >= 0.3 is 11.9 Å². The lowest BCUT2D eigenvalue weighted by atomic mass is 9.79. The van der Waals surface area contributed by atoms with Gasteiger partial charge in [0, 0.05) is 0 Å². The molecule has 1 saturated carbocycles. The van der Waals surface area contributed by atoms with Gasteiger partial charge in [-0.05, 0) is 32.1 Å². The van der Waals surface area contributed by atoms with Gasteiger partial charge in [0.05, 0.1) is 11.8 Å². The zero-order valence-corrected chi connectivity index (χ0v) is 19.8. The van der Waals surface area contributed by atoms with Gasteiger partial charge in [-0.15, -0.1) is 0 Å². The number of carbonyl (C=O) groups is 2. The van der Waals surface area contributed by atoms with Crippen LogP contribution in [0.4, 0.5) is 0 Å². The first-order chi connectivity index (χ1) is 14.6. The largest absolute Gasteiger partial charge is 0.481 e. The molecular weight excluding hydrogens is 376 g/mol. The highest BCUT2D eigenvalue weighted by atomic mass is 16.5. The monoisotopic (exact) mass is 424 g/mol. The van der Waals surface area contributed by atoms with E-state index >= 15 is 0 Å². The molecule has 0 bridgehead atoms. The molecule has 1 N–H and O–H groups in total. The number of hydrogen-bond acceptors (Lipinski definition) is 3. The van der Waals surface area contributed by atoms with Gasteiger partial charge in [0.15, 0.2) is 0 Å². The summed E-state index contributed by atoms with van der Waals surface area (Å²) in [6.45, 7) is 4.42. The molecule has 0 radical (unpaired) electrons. The number of aliphatic carboxylic acids is 1. The Morgan fingerprint density at radius 2 is 1.20 bits per heavy atom. The average molecular weight is 425 g/mol. The number of rotatable bonds is 18. The first-order valence-electron chi connectivity index (χ1n) is 13.0. The van der Waals surface area contributed by atoms with E-state index in [0.717, 1.165) is 44.9 Å². The molecule has 0 aromatic heterocycles. The molecule has 4 nitrogen and oxygen atoms in total. The standard InChI is InChI=1S/C26H48O4/c1-3-5-7-8-9-10-11-12-13-14-15-19-22(18-6-4-2)30-26(29)24-21-17-16-20-23(24)25(27)28/h22-24H,3-21H2,1-2H3,(H,27,28). The minimum atomic E-state index is -0.841. The van der Waals surface area contributed by atoms with Crippen molar-refractivity contribution in [3.63, 3.8) is 0 Å².